The zero-order valence-electron chi connectivity index (χ0n) is 13.3. The summed E-state index contributed by atoms with van der Waals surface area (Å²) in [6, 6.07) is 15.8. The number of nitrogens with one attached hydrogen (secondary N) is 1. The maximum atomic E-state index is 12.7. The van der Waals surface area contributed by atoms with Gasteiger partial charge in [-0.1, -0.05) is 59.6 Å². The van der Waals surface area contributed by atoms with E-state index in [-0.39, 0.29) is 5.91 Å². The largest absolute Gasteiger partial charge is 0.337 e. The number of rotatable bonds is 4. The molecule has 1 N–H and O–H groups in total. The van der Waals surface area contributed by atoms with Gasteiger partial charge in [0.05, 0.1) is 15.6 Å². The molecule has 1 aliphatic rings. The Labute approximate surface area is 152 Å². The summed E-state index contributed by atoms with van der Waals surface area (Å²) in [5, 5.41) is 4.30. The highest BCUT2D eigenvalue weighted by atomic mass is 35.5. The number of likely N-dealkylation sites (tertiary alicyclic amines) is 1. The van der Waals surface area contributed by atoms with Crippen LogP contribution in [-0.4, -0.2) is 29.9 Å². The number of halogens is 2. The first-order chi connectivity index (χ1) is 11.6. The lowest BCUT2D eigenvalue weighted by Gasteiger charge is -2.33. The molecule has 3 rings (SSSR count). The molecule has 1 atom stereocenters. The van der Waals surface area contributed by atoms with Crippen LogP contribution in [0.5, 0.6) is 0 Å². The maximum absolute atomic E-state index is 12.7. The van der Waals surface area contributed by atoms with Crippen LogP contribution in [0.1, 0.15) is 28.8 Å². The third-order valence-electron chi connectivity index (χ3n) is 4.33. The van der Waals surface area contributed by atoms with E-state index in [2.05, 4.69) is 17.4 Å². The first-order valence-corrected chi connectivity index (χ1v) is 8.91. The number of piperidine rings is 1. The van der Waals surface area contributed by atoms with Gasteiger partial charge in [0.1, 0.15) is 0 Å². The smallest absolute Gasteiger partial charge is 0.255 e. The van der Waals surface area contributed by atoms with E-state index in [1.165, 1.54) is 5.56 Å². The maximum Gasteiger partial charge on any atom is 0.255 e. The quantitative estimate of drug-likeness (QED) is 0.874. The summed E-state index contributed by atoms with van der Waals surface area (Å²) in [5.74, 6) is -0.0475. The van der Waals surface area contributed by atoms with Gasteiger partial charge in [-0.25, -0.2) is 0 Å². The van der Waals surface area contributed by atoms with Crippen molar-refractivity contribution < 1.29 is 4.79 Å². The monoisotopic (exact) mass is 362 g/mol. The zero-order valence-corrected chi connectivity index (χ0v) is 14.9. The van der Waals surface area contributed by atoms with Gasteiger partial charge in [0.25, 0.3) is 5.91 Å². The van der Waals surface area contributed by atoms with Crippen molar-refractivity contribution in [1.29, 1.82) is 0 Å². The van der Waals surface area contributed by atoms with E-state index in [4.69, 9.17) is 23.2 Å². The van der Waals surface area contributed by atoms with Crippen molar-refractivity contribution >= 4 is 29.1 Å². The molecule has 0 unspecified atom stereocenters. The molecule has 5 heteroatoms. The molecule has 2 aromatic rings. The van der Waals surface area contributed by atoms with Gasteiger partial charge in [-0.2, -0.15) is 0 Å². The van der Waals surface area contributed by atoms with Crippen LogP contribution in [-0.2, 0) is 6.54 Å². The Kier molecular flexibility index (Phi) is 5.77. The minimum Gasteiger partial charge on any atom is -0.337 e. The number of nitrogens with zero attached hydrogens (tertiary/aromatic N) is 1. The van der Waals surface area contributed by atoms with Crippen molar-refractivity contribution in [2.75, 3.05) is 13.1 Å². The SMILES string of the molecule is O=C(c1cccc(Cl)c1Cl)N1CCC[C@H](NCc2ccccc2)C1. The first kappa shape index (κ1) is 17.3. The number of hydrogen-bond acceptors (Lipinski definition) is 2. The first-order valence-electron chi connectivity index (χ1n) is 8.16. The average molecular weight is 363 g/mol. The van der Waals surface area contributed by atoms with E-state index in [1.54, 1.807) is 18.2 Å². The lowest BCUT2D eigenvalue weighted by Crippen LogP contribution is -2.47. The fraction of sp³-hybridized carbons (Fsp3) is 0.316. The molecule has 1 amide bonds. The molecule has 1 heterocycles. The highest BCUT2D eigenvalue weighted by Gasteiger charge is 2.25. The third-order valence-corrected chi connectivity index (χ3v) is 5.15. The molecule has 24 heavy (non-hydrogen) atoms. The van der Waals surface area contributed by atoms with Crippen LogP contribution in [0.3, 0.4) is 0 Å². The van der Waals surface area contributed by atoms with Crippen LogP contribution in [0, 0.1) is 0 Å². The lowest BCUT2D eigenvalue weighted by atomic mass is 10.0. The van der Waals surface area contributed by atoms with E-state index in [0.29, 0.717) is 28.2 Å². The van der Waals surface area contributed by atoms with Gasteiger partial charge in [0.2, 0.25) is 0 Å². The Morgan fingerprint density at radius 2 is 1.92 bits per heavy atom. The molecule has 0 saturated carbocycles. The van der Waals surface area contributed by atoms with Gasteiger partial charge in [-0.05, 0) is 30.5 Å². The summed E-state index contributed by atoms with van der Waals surface area (Å²) in [6.45, 7) is 2.26. The summed E-state index contributed by atoms with van der Waals surface area (Å²) in [7, 11) is 0. The van der Waals surface area contributed by atoms with Crippen molar-refractivity contribution in [2.24, 2.45) is 0 Å². The summed E-state index contributed by atoms with van der Waals surface area (Å²) >= 11 is 12.2. The Morgan fingerprint density at radius 1 is 1.12 bits per heavy atom. The molecule has 126 valence electrons. The summed E-state index contributed by atoms with van der Waals surface area (Å²) in [4.78, 5) is 14.6. The Morgan fingerprint density at radius 3 is 2.71 bits per heavy atom. The van der Waals surface area contributed by atoms with Crippen LogP contribution in [0.2, 0.25) is 10.0 Å². The fourth-order valence-corrected chi connectivity index (χ4v) is 3.41. The second-order valence-electron chi connectivity index (χ2n) is 6.06. The van der Waals surface area contributed by atoms with Crippen LogP contribution in [0.15, 0.2) is 48.5 Å². The molecule has 1 saturated heterocycles. The predicted molar refractivity (Wildman–Crippen MR) is 98.7 cm³/mol. The van der Waals surface area contributed by atoms with Gasteiger partial charge >= 0.3 is 0 Å². The molecule has 0 aliphatic carbocycles. The summed E-state index contributed by atoms with van der Waals surface area (Å²) in [5.41, 5.74) is 1.73. The van der Waals surface area contributed by atoms with Gasteiger partial charge in [-0.3, -0.25) is 4.79 Å². The zero-order chi connectivity index (χ0) is 16.9. The average Bonchev–Trinajstić information content (AvgIpc) is 2.63. The second kappa shape index (κ2) is 8.02. The predicted octanol–water partition coefficient (Wildman–Crippen LogP) is 4.39. The molecule has 0 spiro atoms. The van der Waals surface area contributed by atoms with Crippen LogP contribution < -0.4 is 5.32 Å². The molecule has 2 aromatic carbocycles. The minimum atomic E-state index is -0.0475. The number of carbonyl (C=O) groups excluding carboxylic acids is 1. The van der Waals surface area contributed by atoms with E-state index >= 15 is 0 Å². The van der Waals surface area contributed by atoms with E-state index < -0.39 is 0 Å². The number of carbonyl (C=O) groups is 1. The topological polar surface area (TPSA) is 32.3 Å². The van der Waals surface area contributed by atoms with Gasteiger partial charge in [0, 0.05) is 25.7 Å². The highest BCUT2D eigenvalue weighted by molar-refractivity contribution is 6.43. The lowest BCUT2D eigenvalue weighted by molar-refractivity contribution is 0.0694. The highest BCUT2D eigenvalue weighted by Crippen LogP contribution is 2.27. The number of amides is 1. The molecule has 3 nitrogen and oxygen atoms in total. The molecule has 1 aliphatic heterocycles. The van der Waals surface area contributed by atoms with Crippen LogP contribution >= 0.6 is 23.2 Å². The molecular formula is C19H20Cl2N2O. The van der Waals surface area contributed by atoms with Gasteiger partial charge in [-0.15, -0.1) is 0 Å². The van der Waals surface area contributed by atoms with Crippen LogP contribution in [0.4, 0.5) is 0 Å². The molecule has 0 bridgehead atoms. The van der Waals surface area contributed by atoms with Gasteiger partial charge < -0.3 is 10.2 Å². The molecule has 0 aromatic heterocycles. The van der Waals surface area contributed by atoms with E-state index in [0.717, 1.165) is 25.9 Å². The minimum absolute atomic E-state index is 0.0475. The van der Waals surface area contributed by atoms with Crippen molar-refractivity contribution in [3.8, 4) is 0 Å². The van der Waals surface area contributed by atoms with Crippen molar-refractivity contribution in [2.45, 2.75) is 25.4 Å². The van der Waals surface area contributed by atoms with Gasteiger partial charge in [0.15, 0.2) is 0 Å². The Hall–Kier alpha value is -1.55. The second-order valence-corrected chi connectivity index (χ2v) is 6.84. The van der Waals surface area contributed by atoms with Crippen molar-refractivity contribution in [3.05, 3.63) is 69.7 Å². The standard InChI is InChI=1S/C19H20Cl2N2O/c20-17-10-4-9-16(18(17)21)19(24)23-11-5-8-15(13-23)22-12-14-6-2-1-3-7-14/h1-4,6-7,9-10,15,22H,5,8,11-13H2/t15-/m0/s1. The Balaban J connectivity index is 1.62. The fourth-order valence-electron chi connectivity index (χ4n) is 3.03. The molecular weight excluding hydrogens is 343 g/mol. The van der Waals surface area contributed by atoms with Crippen LogP contribution in [0.25, 0.3) is 0 Å². The van der Waals surface area contributed by atoms with Crippen molar-refractivity contribution in [1.82, 2.24) is 10.2 Å². The summed E-state index contributed by atoms with van der Waals surface area (Å²) in [6.07, 6.45) is 2.05. The molecule has 1 fully saturated rings. The number of hydrogen-bond donors (Lipinski definition) is 1. The molecule has 0 radical (unpaired) electrons. The summed E-state index contributed by atoms with van der Waals surface area (Å²) < 4.78 is 0. The third kappa shape index (κ3) is 4.10. The number of benzene rings is 2. The van der Waals surface area contributed by atoms with E-state index in [1.807, 2.05) is 23.1 Å². The van der Waals surface area contributed by atoms with Crippen molar-refractivity contribution in [3.63, 3.8) is 0 Å². The van der Waals surface area contributed by atoms with E-state index in [9.17, 15) is 4.79 Å². The Bertz CT molecular complexity index is 706. The normalized spacial score (nSPS) is 17.8.